The Morgan fingerprint density at radius 1 is 1.33 bits per heavy atom. The maximum absolute atomic E-state index is 9.54. The Hall–Kier alpha value is -0.460. The van der Waals surface area contributed by atoms with Crippen LogP contribution in [0, 0.1) is 0 Å². The van der Waals surface area contributed by atoms with E-state index in [9.17, 15) is 5.11 Å². The largest absolute Gasteiger partial charge is 0.389 e. The smallest absolute Gasteiger partial charge is 0.187 e. The number of hydrogen-bond donors (Lipinski definition) is 1. The average Bonchev–Trinajstić information content (AvgIpc) is 2.79. The Morgan fingerprint density at radius 2 is 2.00 bits per heavy atom. The van der Waals surface area contributed by atoms with E-state index >= 15 is 0 Å². The highest BCUT2D eigenvalue weighted by molar-refractivity contribution is 5.06. The maximum atomic E-state index is 9.54. The molecule has 1 N–H and O–H groups in total. The van der Waals surface area contributed by atoms with Gasteiger partial charge in [-0.3, -0.25) is 0 Å². The zero-order chi connectivity index (χ0) is 13.3. The van der Waals surface area contributed by atoms with Crippen LogP contribution in [0.1, 0.15) is 27.2 Å². The molecule has 2 fully saturated rings. The standard InChI is InChI=1S/C13H22O5/c1-5-8(14)6-7-9-10-11(12(15-4)16-9)18-13(2,3)17-10/h6-12,14H,5H2,1-4H3/t8?,9-,10-,11-,12-/m1/s1. The predicted molar refractivity (Wildman–Crippen MR) is 64.9 cm³/mol. The summed E-state index contributed by atoms with van der Waals surface area (Å²) in [6, 6.07) is 0. The molecule has 0 spiro atoms. The van der Waals surface area contributed by atoms with Gasteiger partial charge in [-0.25, -0.2) is 0 Å². The first-order valence-electron chi connectivity index (χ1n) is 6.37. The van der Waals surface area contributed by atoms with Crippen molar-refractivity contribution >= 4 is 0 Å². The molecule has 0 saturated carbocycles. The first kappa shape index (κ1) is 14.0. The van der Waals surface area contributed by atoms with E-state index in [0.29, 0.717) is 6.42 Å². The van der Waals surface area contributed by atoms with Gasteiger partial charge in [0.1, 0.15) is 18.3 Å². The van der Waals surface area contributed by atoms with Gasteiger partial charge >= 0.3 is 0 Å². The van der Waals surface area contributed by atoms with Gasteiger partial charge in [0.25, 0.3) is 0 Å². The minimum atomic E-state index is -0.620. The molecule has 0 aliphatic carbocycles. The third-order valence-electron chi connectivity index (χ3n) is 3.22. The summed E-state index contributed by atoms with van der Waals surface area (Å²) in [4.78, 5) is 0. The van der Waals surface area contributed by atoms with Crippen LogP contribution in [0.3, 0.4) is 0 Å². The molecular formula is C13H22O5. The summed E-state index contributed by atoms with van der Waals surface area (Å²) >= 11 is 0. The Morgan fingerprint density at radius 3 is 2.61 bits per heavy atom. The van der Waals surface area contributed by atoms with Crippen molar-refractivity contribution in [1.29, 1.82) is 0 Å². The molecule has 0 radical (unpaired) electrons. The van der Waals surface area contributed by atoms with Gasteiger partial charge in [-0.15, -0.1) is 0 Å². The lowest BCUT2D eigenvalue weighted by Crippen LogP contribution is -2.30. The van der Waals surface area contributed by atoms with Gasteiger partial charge in [0, 0.05) is 7.11 Å². The quantitative estimate of drug-likeness (QED) is 0.768. The van der Waals surface area contributed by atoms with Gasteiger partial charge < -0.3 is 24.1 Å². The maximum Gasteiger partial charge on any atom is 0.187 e. The van der Waals surface area contributed by atoms with Crippen LogP contribution in [0.15, 0.2) is 12.2 Å². The van der Waals surface area contributed by atoms with Crippen molar-refractivity contribution in [2.24, 2.45) is 0 Å². The zero-order valence-electron chi connectivity index (χ0n) is 11.3. The summed E-state index contributed by atoms with van der Waals surface area (Å²) in [5.41, 5.74) is 0. The van der Waals surface area contributed by atoms with Crippen molar-refractivity contribution < 1.29 is 24.1 Å². The molecule has 0 aromatic rings. The SMILES string of the molecule is CCC(O)C=C[C@H]1O[C@@H](OC)[C@@H]2OC(C)(C)O[C@@H]21. The molecule has 104 valence electrons. The number of hydrogen-bond acceptors (Lipinski definition) is 5. The van der Waals surface area contributed by atoms with Crippen molar-refractivity contribution in [2.45, 2.75) is 63.7 Å². The summed E-state index contributed by atoms with van der Waals surface area (Å²) in [5.74, 6) is -0.620. The molecule has 0 bridgehead atoms. The van der Waals surface area contributed by atoms with Crippen molar-refractivity contribution in [3.63, 3.8) is 0 Å². The molecule has 2 saturated heterocycles. The van der Waals surface area contributed by atoms with Gasteiger partial charge in [-0.1, -0.05) is 19.1 Å². The van der Waals surface area contributed by atoms with Crippen molar-refractivity contribution in [1.82, 2.24) is 0 Å². The summed E-state index contributed by atoms with van der Waals surface area (Å²) in [7, 11) is 1.59. The molecule has 5 atom stereocenters. The van der Waals surface area contributed by atoms with Gasteiger partial charge in [-0.2, -0.15) is 0 Å². The van der Waals surface area contributed by atoms with E-state index in [1.165, 1.54) is 0 Å². The van der Waals surface area contributed by atoms with E-state index < -0.39 is 18.2 Å². The monoisotopic (exact) mass is 258 g/mol. The number of ether oxygens (including phenoxy) is 4. The number of aliphatic hydroxyl groups is 1. The fourth-order valence-corrected chi connectivity index (χ4v) is 2.31. The molecule has 2 aliphatic rings. The van der Waals surface area contributed by atoms with Crippen molar-refractivity contribution in [2.75, 3.05) is 7.11 Å². The van der Waals surface area contributed by atoms with Crippen LogP contribution in [0.5, 0.6) is 0 Å². The fourth-order valence-electron chi connectivity index (χ4n) is 2.31. The summed E-state index contributed by atoms with van der Waals surface area (Å²) in [5, 5.41) is 9.54. The molecule has 5 heteroatoms. The Bertz CT molecular complexity index is 315. The number of aliphatic hydroxyl groups excluding tert-OH is 1. The second-order valence-electron chi connectivity index (χ2n) is 5.13. The van der Waals surface area contributed by atoms with Gasteiger partial charge in [-0.05, 0) is 20.3 Å². The first-order chi connectivity index (χ1) is 8.46. The highest BCUT2D eigenvalue weighted by atomic mass is 16.8. The molecule has 2 aliphatic heterocycles. The van der Waals surface area contributed by atoms with Crippen LogP contribution in [0.25, 0.3) is 0 Å². The van der Waals surface area contributed by atoms with Crippen molar-refractivity contribution in [3.8, 4) is 0 Å². The summed E-state index contributed by atoms with van der Waals surface area (Å²) < 4.78 is 22.5. The van der Waals surface area contributed by atoms with Gasteiger partial charge in [0.05, 0.1) is 6.10 Å². The number of rotatable bonds is 4. The first-order valence-corrected chi connectivity index (χ1v) is 6.37. The molecule has 18 heavy (non-hydrogen) atoms. The average molecular weight is 258 g/mol. The van der Waals surface area contributed by atoms with E-state index in [1.54, 1.807) is 13.2 Å². The normalized spacial score (nSPS) is 40.3. The molecular weight excluding hydrogens is 236 g/mol. The van der Waals surface area contributed by atoms with E-state index in [0.717, 1.165) is 0 Å². The second kappa shape index (κ2) is 5.27. The molecule has 0 aromatic carbocycles. The van der Waals surface area contributed by atoms with Crippen LogP contribution in [-0.4, -0.2) is 48.7 Å². The lowest BCUT2D eigenvalue weighted by molar-refractivity contribution is -0.221. The highest BCUT2D eigenvalue weighted by Gasteiger charge is 2.54. The highest BCUT2D eigenvalue weighted by Crippen LogP contribution is 2.39. The molecule has 5 nitrogen and oxygen atoms in total. The van der Waals surface area contributed by atoms with Gasteiger partial charge in [0.15, 0.2) is 12.1 Å². The third-order valence-corrected chi connectivity index (χ3v) is 3.22. The minimum Gasteiger partial charge on any atom is -0.389 e. The minimum absolute atomic E-state index is 0.190. The second-order valence-corrected chi connectivity index (χ2v) is 5.13. The Kier molecular flexibility index (Phi) is 4.08. The van der Waals surface area contributed by atoms with E-state index in [-0.39, 0.29) is 18.3 Å². The topological polar surface area (TPSA) is 57.2 Å². The molecule has 0 amide bonds. The Labute approximate surface area is 108 Å². The molecule has 0 aromatic heterocycles. The lowest BCUT2D eigenvalue weighted by atomic mass is 10.1. The van der Waals surface area contributed by atoms with Crippen LogP contribution >= 0.6 is 0 Å². The van der Waals surface area contributed by atoms with E-state index in [1.807, 2.05) is 26.8 Å². The fraction of sp³-hybridized carbons (Fsp3) is 0.846. The molecule has 2 heterocycles. The zero-order valence-corrected chi connectivity index (χ0v) is 11.3. The van der Waals surface area contributed by atoms with Crippen LogP contribution < -0.4 is 0 Å². The van der Waals surface area contributed by atoms with E-state index in [2.05, 4.69) is 0 Å². The lowest BCUT2D eigenvalue weighted by Gasteiger charge is -2.22. The Balaban J connectivity index is 2.06. The van der Waals surface area contributed by atoms with Crippen LogP contribution in [0.4, 0.5) is 0 Å². The van der Waals surface area contributed by atoms with E-state index in [4.69, 9.17) is 18.9 Å². The molecule has 2 rings (SSSR count). The number of fused-ring (bicyclic) bond motifs is 1. The van der Waals surface area contributed by atoms with Crippen molar-refractivity contribution in [3.05, 3.63) is 12.2 Å². The van der Waals surface area contributed by atoms with Gasteiger partial charge in [0.2, 0.25) is 0 Å². The third kappa shape index (κ3) is 2.75. The van der Waals surface area contributed by atoms with Crippen LogP contribution in [-0.2, 0) is 18.9 Å². The summed E-state index contributed by atoms with van der Waals surface area (Å²) in [6.07, 6.45) is 2.69. The summed E-state index contributed by atoms with van der Waals surface area (Å²) in [6.45, 7) is 5.67. The number of methoxy groups -OCH3 is 1. The van der Waals surface area contributed by atoms with Crippen LogP contribution in [0.2, 0.25) is 0 Å². The molecule has 1 unspecified atom stereocenters. The predicted octanol–water partition coefficient (Wildman–Crippen LogP) is 1.20.